The van der Waals surface area contributed by atoms with Crippen LogP contribution in [0.25, 0.3) is 0 Å². The molecule has 1 aromatic carbocycles. The molecule has 2 rings (SSSR count). The van der Waals surface area contributed by atoms with Crippen LogP contribution in [-0.2, 0) is 10.2 Å². The molecule has 0 radical (unpaired) electrons. The van der Waals surface area contributed by atoms with E-state index >= 15 is 0 Å². The van der Waals surface area contributed by atoms with Gasteiger partial charge in [-0.3, -0.25) is 4.79 Å². The Labute approximate surface area is 110 Å². The van der Waals surface area contributed by atoms with Gasteiger partial charge in [0.25, 0.3) is 0 Å². The highest BCUT2D eigenvalue weighted by molar-refractivity contribution is 5.90. The molecule has 1 nitrogen and oxygen atoms in total. The van der Waals surface area contributed by atoms with Gasteiger partial charge in [-0.05, 0) is 25.3 Å². The Kier molecular flexibility index (Phi) is 4.20. The molecular formula is C17H20O. The second-order valence-electron chi connectivity index (χ2n) is 5.01. The van der Waals surface area contributed by atoms with Crippen LogP contribution < -0.4 is 0 Å². The number of Topliss-reactive ketones (excluding diaryl/α,β-unsaturated/α-hetero) is 1. The number of benzene rings is 1. The van der Waals surface area contributed by atoms with Crippen molar-refractivity contribution in [3.63, 3.8) is 0 Å². The first-order chi connectivity index (χ1) is 8.79. The maximum Gasteiger partial charge on any atom is 0.144 e. The second-order valence-corrected chi connectivity index (χ2v) is 5.01. The summed E-state index contributed by atoms with van der Waals surface area (Å²) in [4.78, 5) is 12.6. The molecule has 0 bridgehead atoms. The van der Waals surface area contributed by atoms with E-state index in [4.69, 9.17) is 0 Å². The molecule has 1 fully saturated rings. The molecule has 1 saturated carbocycles. The van der Waals surface area contributed by atoms with Gasteiger partial charge in [0.15, 0.2) is 0 Å². The second kappa shape index (κ2) is 5.87. The van der Waals surface area contributed by atoms with Gasteiger partial charge >= 0.3 is 0 Å². The quantitative estimate of drug-likeness (QED) is 0.730. The first kappa shape index (κ1) is 12.9. The lowest BCUT2D eigenvalue weighted by Gasteiger charge is -2.27. The zero-order valence-electron chi connectivity index (χ0n) is 11.0. The highest BCUT2D eigenvalue weighted by Gasteiger charge is 2.41. The van der Waals surface area contributed by atoms with Gasteiger partial charge in [-0.15, -0.1) is 11.8 Å². The van der Waals surface area contributed by atoms with Crippen molar-refractivity contribution in [1.82, 2.24) is 0 Å². The molecule has 1 aromatic rings. The topological polar surface area (TPSA) is 17.1 Å². The Morgan fingerprint density at radius 2 is 1.89 bits per heavy atom. The number of ketones is 1. The standard InChI is InChI=1S/C17H20O/c1-2-3-5-12-16(18)17(13-8-9-14-17)15-10-6-4-7-11-15/h4,6-7,10-11H,5,8-9,12-14H2,1H3. The maximum absolute atomic E-state index is 12.6. The summed E-state index contributed by atoms with van der Waals surface area (Å²) in [7, 11) is 0. The van der Waals surface area contributed by atoms with Gasteiger partial charge in [-0.1, -0.05) is 43.2 Å². The van der Waals surface area contributed by atoms with Crippen LogP contribution in [0, 0.1) is 11.8 Å². The Balaban J connectivity index is 2.21. The predicted octanol–water partition coefficient (Wildman–Crippen LogP) is 3.87. The summed E-state index contributed by atoms with van der Waals surface area (Å²) in [6, 6.07) is 10.3. The van der Waals surface area contributed by atoms with Gasteiger partial charge in [0.05, 0.1) is 5.41 Å². The molecule has 0 heterocycles. The predicted molar refractivity (Wildman–Crippen MR) is 74.3 cm³/mol. The lowest BCUT2D eigenvalue weighted by molar-refractivity contribution is -0.124. The highest BCUT2D eigenvalue weighted by atomic mass is 16.1. The maximum atomic E-state index is 12.6. The van der Waals surface area contributed by atoms with Gasteiger partial charge in [-0.25, -0.2) is 0 Å². The van der Waals surface area contributed by atoms with Gasteiger partial charge in [-0.2, -0.15) is 0 Å². The van der Waals surface area contributed by atoms with Gasteiger partial charge in [0, 0.05) is 12.8 Å². The Hall–Kier alpha value is -1.55. The third-order valence-electron chi connectivity index (χ3n) is 3.97. The van der Waals surface area contributed by atoms with Crippen LogP contribution in [0.15, 0.2) is 30.3 Å². The molecule has 0 N–H and O–H groups in total. The summed E-state index contributed by atoms with van der Waals surface area (Å²) >= 11 is 0. The highest BCUT2D eigenvalue weighted by Crippen LogP contribution is 2.42. The van der Waals surface area contributed by atoms with E-state index in [-0.39, 0.29) is 5.41 Å². The van der Waals surface area contributed by atoms with Crippen molar-refractivity contribution in [3.8, 4) is 11.8 Å². The number of carbonyl (C=O) groups excluding carboxylic acids is 1. The lowest BCUT2D eigenvalue weighted by atomic mass is 9.74. The molecule has 0 saturated heterocycles. The third kappa shape index (κ3) is 2.48. The summed E-state index contributed by atoms with van der Waals surface area (Å²) in [5.41, 5.74) is 0.994. The Morgan fingerprint density at radius 1 is 1.22 bits per heavy atom. The summed E-state index contributed by atoms with van der Waals surface area (Å²) < 4.78 is 0. The first-order valence-corrected chi connectivity index (χ1v) is 6.78. The van der Waals surface area contributed by atoms with Crippen LogP contribution in [-0.4, -0.2) is 5.78 Å². The summed E-state index contributed by atoms with van der Waals surface area (Å²) in [5, 5.41) is 0. The van der Waals surface area contributed by atoms with E-state index in [1.54, 1.807) is 0 Å². The fourth-order valence-electron chi connectivity index (χ4n) is 3.00. The van der Waals surface area contributed by atoms with Gasteiger partial charge in [0.1, 0.15) is 5.78 Å². The molecule has 0 amide bonds. The number of rotatable bonds is 4. The molecule has 0 spiro atoms. The smallest absolute Gasteiger partial charge is 0.144 e. The number of hydrogen-bond donors (Lipinski definition) is 0. The number of carbonyl (C=O) groups is 1. The SMILES string of the molecule is CC#CCCC(=O)C1(c2ccccc2)CCCC1. The molecule has 0 atom stereocenters. The van der Waals surface area contributed by atoms with Crippen molar-refractivity contribution >= 4 is 5.78 Å². The average Bonchev–Trinajstić information content (AvgIpc) is 2.90. The molecule has 1 aliphatic carbocycles. The Bertz CT molecular complexity index is 455. The molecule has 94 valence electrons. The largest absolute Gasteiger partial charge is 0.299 e. The van der Waals surface area contributed by atoms with Gasteiger partial charge < -0.3 is 0 Å². The fourth-order valence-corrected chi connectivity index (χ4v) is 3.00. The van der Waals surface area contributed by atoms with Crippen LogP contribution in [0.3, 0.4) is 0 Å². The van der Waals surface area contributed by atoms with Crippen LogP contribution in [0.5, 0.6) is 0 Å². The van der Waals surface area contributed by atoms with Crippen LogP contribution in [0.1, 0.15) is 51.0 Å². The van der Waals surface area contributed by atoms with Gasteiger partial charge in [0.2, 0.25) is 0 Å². The van der Waals surface area contributed by atoms with Crippen LogP contribution >= 0.6 is 0 Å². The Morgan fingerprint density at radius 3 is 2.50 bits per heavy atom. The third-order valence-corrected chi connectivity index (χ3v) is 3.97. The number of hydrogen-bond acceptors (Lipinski definition) is 1. The van der Waals surface area contributed by atoms with Crippen molar-refractivity contribution in [3.05, 3.63) is 35.9 Å². The van der Waals surface area contributed by atoms with Crippen molar-refractivity contribution in [2.45, 2.75) is 50.9 Å². The van der Waals surface area contributed by atoms with E-state index in [9.17, 15) is 4.79 Å². The monoisotopic (exact) mass is 240 g/mol. The van der Waals surface area contributed by atoms with E-state index in [2.05, 4.69) is 24.0 Å². The van der Waals surface area contributed by atoms with Crippen molar-refractivity contribution in [2.24, 2.45) is 0 Å². The fraction of sp³-hybridized carbons (Fsp3) is 0.471. The molecular weight excluding hydrogens is 220 g/mol. The van der Waals surface area contributed by atoms with E-state index in [0.717, 1.165) is 12.8 Å². The summed E-state index contributed by atoms with van der Waals surface area (Å²) in [6.07, 6.45) is 5.64. The van der Waals surface area contributed by atoms with E-state index < -0.39 is 0 Å². The molecule has 1 heteroatoms. The summed E-state index contributed by atoms with van der Waals surface area (Å²) in [6.45, 7) is 1.83. The molecule has 18 heavy (non-hydrogen) atoms. The van der Waals surface area contributed by atoms with Crippen LogP contribution in [0.2, 0.25) is 0 Å². The zero-order chi connectivity index (χ0) is 12.8. The van der Waals surface area contributed by atoms with Crippen molar-refractivity contribution in [1.29, 1.82) is 0 Å². The minimum absolute atomic E-state index is 0.212. The average molecular weight is 240 g/mol. The molecule has 0 aliphatic heterocycles. The molecule has 1 aliphatic rings. The van der Waals surface area contributed by atoms with E-state index in [1.807, 2.05) is 25.1 Å². The van der Waals surface area contributed by atoms with Crippen molar-refractivity contribution in [2.75, 3.05) is 0 Å². The normalized spacial score (nSPS) is 16.9. The minimum Gasteiger partial charge on any atom is -0.299 e. The lowest BCUT2D eigenvalue weighted by Crippen LogP contribution is -2.32. The van der Waals surface area contributed by atoms with Crippen LogP contribution in [0.4, 0.5) is 0 Å². The molecule has 0 aromatic heterocycles. The molecule has 0 unspecified atom stereocenters. The minimum atomic E-state index is -0.212. The van der Waals surface area contributed by atoms with E-state index in [0.29, 0.717) is 18.6 Å². The first-order valence-electron chi connectivity index (χ1n) is 6.78. The summed E-state index contributed by atoms with van der Waals surface area (Å²) in [5.74, 6) is 6.25. The zero-order valence-corrected chi connectivity index (χ0v) is 11.0. The van der Waals surface area contributed by atoms with E-state index in [1.165, 1.54) is 18.4 Å². The van der Waals surface area contributed by atoms with Crippen molar-refractivity contribution < 1.29 is 4.79 Å².